The Morgan fingerprint density at radius 1 is 0.935 bits per heavy atom. The topological polar surface area (TPSA) is 98.6 Å². The lowest BCUT2D eigenvalue weighted by atomic mass is 10.00. The Morgan fingerprint density at radius 3 is 2.39 bits per heavy atom. The molecule has 0 bridgehead atoms. The predicted octanol–water partition coefficient (Wildman–Crippen LogP) is 7.11. The van der Waals surface area contributed by atoms with Gasteiger partial charge in [-0.2, -0.15) is 0 Å². The van der Waals surface area contributed by atoms with E-state index in [1.165, 1.54) is 0 Å². The molecule has 3 aromatic carbocycles. The summed E-state index contributed by atoms with van der Waals surface area (Å²) in [5.41, 5.74) is 5.68. The monoisotopic (exact) mass is 641 g/mol. The number of unbranched alkanes of at least 4 members (excludes halogenated alkanes) is 1. The smallest absolute Gasteiger partial charge is 0.251 e. The van der Waals surface area contributed by atoms with Gasteiger partial charge in [0.1, 0.15) is 30.4 Å². The highest BCUT2D eigenvalue weighted by Gasteiger charge is 2.21. The highest BCUT2D eigenvalue weighted by Crippen LogP contribution is 2.33. The number of fused-ring (bicyclic) bond motifs is 1. The molecule has 10 heteroatoms. The summed E-state index contributed by atoms with van der Waals surface area (Å²) in [5, 5.41) is 10.3. The fourth-order valence-electron chi connectivity index (χ4n) is 5.35. The third-order valence-corrected chi connectivity index (χ3v) is 9.57. The fourth-order valence-corrected chi connectivity index (χ4v) is 6.48. The highest BCUT2D eigenvalue weighted by molar-refractivity contribution is 7.85. The maximum Gasteiger partial charge on any atom is 0.251 e. The number of carbonyl (C=O) groups is 1. The second-order valence-electron chi connectivity index (χ2n) is 11.3. The standard InChI is InChI=1S/C36H43N5O4S/c1-4-6-20-44-21-22-45-33-12-7-28(8-13-33)29-9-16-35-31(23-29)24-30(17-19-40(35)18-5-2)36(42)39-32-10-14-34(15-11-32)46(43)27(3)41-25-37-38-26-41/h7-16,23-27H,4-6,17-22H2,1-3H3,(H,39,42). The van der Waals surface area contributed by atoms with E-state index in [9.17, 15) is 9.00 Å². The molecule has 1 aromatic heterocycles. The van der Waals surface area contributed by atoms with E-state index in [0.29, 0.717) is 30.2 Å². The predicted molar refractivity (Wildman–Crippen MR) is 184 cm³/mol. The van der Waals surface area contributed by atoms with Crippen LogP contribution in [0.15, 0.2) is 89.9 Å². The second kappa shape index (κ2) is 16.3. The molecule has 4 aromatic rings. The van der Waals surface area contributed by atoms with Crippen molar-refractivity contribution < 1.29 is 18.5 Å². The number of nitrogens with one attached hydrogen (secondary N) is 1. The zero-order valence-corrected chi connectivity index (χ0v) is 27.7. The molecular weight excluding hydrogens is 598 g/mol. The number of hydrogen-bond acceptors (Lipinski definition) is 7. The van der Waals surface area contributed by atoms with Gasteiger partial charge in [-0.3, -0.25) is 9.00 Å². The summed E-state index contributed by atoms with van der Waals surface area (Å²) < 4.78 is 26.2. The van der Waals surface area contributed by atoms with E-state index >= 15 is 0 Å². The van der Waals surface area contributed by atoms with Crippen LogP contribution in [-0.4, -0.2) is 57.8 Å². The number of ether oxygens (including phenoxy) is 2. The normalized spacial score (nSPS) is 14.2. The summed E-state index contributed by atoms with van der Waals surface area (Å²) in [7, 11) is -1.30. The maximum atomic E-state index is 13.5. The van der Waals surface area contributed by atoms with Crippen LogP contribution in [0.1, 0.15) is 57.4 Å². The average Bonchev–Trinajstić information content (AvgIpc) is 3.56. The van der Waals surface area contributed by atoms with Crippen molar-refractivity contribution in [2.75, 3.05) is 43.1 Å². The van der Waals surface area contributed by atoms with Crippen molar-refractivity contribution in [1.29, 1.82) is 0 Å². The molecule has 46 heavy (non-hydrogen) atoms. The number of benzene rings is 3. The molecule has 0 saturated carbocycles. The number of amides is 1. The first-order valence-corrected chi connectivity index (χ1v) is 17.2. The van der Waals surface area contributed by atoms with Gasteiger partial charge >= 0.3 is 0 Å². The lowest BCUT2D eigenvalue weighted by Crippen LogP contribution is -2.26. The quantitative estimate of drug-likeness (QED) is 0.138. The summed E-state index contributed by atoms with van der Waals surface area (Å²) in [4.78, 5) is 16.6. The first kappa shape index (κ1) is 33.1. The van der Waals surface area contributed by atoms with Gasteiger partial charge in [0.25, 0.3) is 5.91 Å². The Balaban J connectivity index is 1.28. The molecule has 1 aliphatic rings. The number of rotatable bonds is 15. The molecule has 1 amide bonds. The van der Waals surface area contributed by atoms with Gasteiger partial charge in [-0.15, -0.1) is 10.2 Å². The summed E-state index contributed by atoms with van der Waals surface area (Å²) in [6.07, 6.45) is 8.96. The first-order valence-electron chi connectivity index (χ1n) is 16.0. The first-order chi connectivity index (χ1) is 22.5. The number of hydrogen-bond donors (Lipinski definition) is 1. The molecule has 0 spiro atoms. The molecule has 2 atom stereocenters. The van der Waals surface area contributed by atoms with Crippen molar-refractivity contribution in [3.63, 3.8) is 0 Å². The Hall–Kier alpha value is -4.28. The van der Waals surface area contributed by atoms with Crippen molar-refractivity contribution >= 4 is 34.2 Å². The summed E-state index contributed by atoms with van der Waals surface area (Å²) in [6.45, 7) is 9.73. The minimum Gasteiger partial charge on any atom is -0.491 e. The number of aromatic nitrogens is 3. The molecule has 242 valence electrons. The van der Waals surface area contributed by atoms with Gasteiger partial charge in [0, 0.05) is 41.5 Å². The van der Waals surface area contributed by atoms with Crippen LogP contribution in [0.4, 0.5) is 11.4 Å². The highest BCUT2D eigenvalue weighted by atomic mass is 32.2. The van der Waals surface area contributed by atoms with Crippen LogP contribution in [0, 0.1) is 0 Å². The average molecular weight is 642 g/mol. The number of anilines is 2. The van der Waals surface area contributed by atoms with Gasteiger partial charge in [-0.25, -0.2) is 0 Å². The van der Waals surface area contributed by atoms with Crippen LogP contribution in [0.2, 0.25) is 0 Å². The van der Waals surface area contributed by atoms with Crippen molar-refractivity contribution in [1.82, 2.24) is 14.8 Å². The van der Waals surface area contributed by atoms with E-state index in [0.717, 1.165) is 72.7 Å². The van der Waals surface area contributed by atoms with Crippen LogP contribution in [-0.2, 0) is 20.3 Å². The Morgan fingerprint density at radius 2 is 1.67 bits per heavy atom. The number of carbonyl (C=O) groups excluding carboxylic acids is 1. The van der Waals surface area contributed by atoms with Gasteiger partial charge in [0.15, 0.2) is 0 Å². The third-order valence-electron chi connectivity index (χ3n) is 7.97. The maximum absolute atomic E-state index is 13.5. The van der Waals surface area contributed by atoms with Crippen molar-refractivity contribution in [3.8, 4) is 16.9 Å². The summed E-state index contributed by atoms with van der Waals surface area (Å²) in [5.74, 6) is 0.677. The zero-order valence-electron chi connectivity index (χ0n) is 26.9. The van der Waals surface area contributed by atoms with Crippen LogP contribution in [0.3, 0.4) is 0 Å². The Kier molecular flexibility index (Phi) is 11.7. The fraction of sp³-hybridized carbons (Fsp3) is 0.361. The molecule has 1 aliphatic heterocycles. The van der Waals surface area contributed by atoms with E-state index < -0.39 is 10.8 Å². The molecule has 2 heterocycles. The van der Waals surface area contributed by atoms with Gasteiger partial charge in [-0.05, 0) is 97.5 Å². The molecule has 1 N–H and O–H groups in total. The molecule has 0 aliphatic carbocycles. The van der Waals surface area contributed by atoms with Gasteiger partial charge in [0.05, 0.1) is 17.4 Å². The van der Waals surface area contributed by atoms with Gasteiger partial charge < -0.3 is 24.3 Å². The van der Waals surface area contributed by atoms with E-state index in [2.05, 4.69) is 64.6 Å². The molecular formula is C36H43N5O4S. The zero-order chi connectivity index (χ0) is 32.3. The Bertz CT molecular complexity index is 1620. The van der Waals surface area contributed by atoms with Crippen LogP contribution in [0.25, 0.3) is 17.2 Å². The summed E-state index contributed by atoms with van der Waals surface area (Å²) in [6, 6.07) is 21.7. The van der Waals surface area contributed by atoms with E-state index in [4.69, 9.17) is 9.47 Å². The van der Waals surface area contributed by atoms with Crippen molar-refractivity contribution in [2.45, 2.75) is 56.7 Å². The van der Waals surface area contributed by atoms with Gasteiger partial charge in [-0.1, -0.05) is 38.5 Å². The lowest BCUT2D eigenvalue weighted by molar-refractivity contribution is -0.112. The largest absolute Gasteiger partial charge is 0.491 e. The second-order valence-corrected chi connectivity index (χ2v) is 13.1. The molecule has 0 saturated heterocycles. The SMILES string of the molecule is CCCCOCCOc1ccc(-c2ccc3c(c2)C=C(C(=O)Nc2ccc(S(=O)C(C)n4cnnc4)cc2)CCN3CCC)cc1. The molecule has 9 nitrogen and oxygen atoms in total. The van der Waals surface area contributed by atoms with Crippen molar-refractivity contribution in [3.05, 3.63) is 90.5 Å². The minimum absolute atomic E-state index is 0.137. The molecule has 0 radical (unpaired) electrons. The van der Waals surface area contributed by atoms with E-state index in [-0.39, 0.29) is 11.3 Å². The lowest BCUT2D eigenvalue weighted by Gasteiger charge is -2.25. The third kappa shape index (κ3) is 8.50. The molecule has 5 rings (SSSR count). The van der Waals surface area contributed by atoms with Crippen LogP contribution >= 0.6 is 0 Å². The van der Waals surface area contributed by atoms with Crippen LogP contribution in [0.5, 0.6) is 5.75 Å². The molecule has 2 unspecified atom stereocenters. The minimum atomic E-state index is -1.30. The van der Waals surface area contributed by atoms with E-state index in [1.807, 2.05) is 25.1 Å². The van der Waals surface area contributed by atoms with Gasteiger partial charge in [0.2, 0.25) is 0 Å². The molecule has 0 fully saturated rings. The Labute approximate surface area is 274 Å². The van der Waals surface area contributed by atoms with Crippen molar-refractivity contribution in [2.24, 2.45) is 0 Å². The number of nitrogens with zero attached hydrogens (tertiary/aromatic N) is 4. The van der Waals surface area contributed by atoms with E-state index in [1.54, 1.807) is 41.5 Å². The summed E-state index contributed by atoms with van der Waals surface area (Å²) >= 11 is 0. The van der Waals surface area contributed by atoms with Crippen LogP contribution < -0.4 is 15.0 Å².